The normalized spacial score (nSPS) is 21.1. The van der Waals surface area contributed by atoms with Gasteiger partial charge in [-0.25, -0.2) is 0 Å². The summed E-state index contributed by atoms with van der Waals surface area (Å²) in [6.07, 6.45) is 1.94. The lowest BCUT2D eigenvalue weighted by Crippen LogP contribution is -2.28. The fraction of sp³-hybridized carbons (Fsp3) is 0.312. The van der Waals surface area contributed by atoms with Gasteiger partial charge in [-0.15, -0.1) is 0 Å². The second kappa shape index (κ2) is 5.85. The molecule has 114 valence electrons. The summed E-state index contributed by atoms with van der Waals surface area (Å²) in [4.78, 5) is 28.9. The summed E-state index contributed by atoms with van der Waals surface area (Å²) in [7, 11) is 1.64. The summed E-state index contributed by atoms with van der Waals surface area (Å²) in [6, 6.07) is 7.64. The number of rotatable bonds is 3. The molecule has 1 saturated heterocycles. The first kappa shape index (κ1) is 15.2. The largest absolute Gasteiger partial charge is 0.308 e. The third kappa shape index (κ3) is 2.27. The number of benzene rings is 1. The second-order valence-corrected chi connectivity index (χ2v) is 6.91. The van der Waals surface area contributed by atoms with Crippen molar-refractivity contribution in [3.63, 3.8) is 0 Å². The average molecular weight is 332 g/mol. The van der Waals surface area contributed by atoms with Crippen molar-refractivity contribution in [2.75, 3.05) is 18.5 Å². The fourth-order valence-corrected chi connectivity index (χ4v) is 3.88. The first-order chi connectivity index (χ1) is 10.6. The number of hydrogen-bond donors (Lipinski definition) is 0. The van der Waals surface area contributed by atoms with Gasteiger partial charge in [0.05, 0.1) is 16.2 Å². The molecule has 0 aromatic heterocycles. The van der Waals surface area contributed by atoms with Gasteiger partial charge >= 0.3 is 0 Å². The number of carbonyl (C=O) groups is 2. The number of fused-ring (bicyclic) bond motifs is 1. The zero-order valence-corrected chi connectivity index (χ0v) is 14.1. The van der Waals surface area contributed by atoms with E-state index in [1.54, 1.807) is 11.9 Å². The van der Waals surface area contributed by atoms with Crippen LogP contribution in [-0.4, -0.2) is 34.6 Å². The van der Waals surface area contributed by atoms with Gasteiger partial charge in [0.25, 0.3) is 11.8 Å². The van der Waals surface area contributed by atoms with E-state index in [-0.39, 0.29) is 11.8 Å². The van der Waals surface area contributed by atoms with Crippen molar-refractivity contribution in [3.8, 4) is 0 Å². The lowest BCUT2D eigenvalue weighted by molar-refractivity contribution is -0.121. The van der Waals surface area contributed by atoms with Gasteiger partial charge in [-0.1, -0.05) is 55.5 Å². The number of thioether (sulfide) groups is 1. The second-order valence-electron chi connectivity index (χ2n) is 5.26. The highest BCUT2D eigenvalue weighted by atomic mass is 32.2. The van der Waals surface area contributed by atoms with Crippen LogP contribution >= 0.6 is 24.0 Å². The Morgan fingerprint density at radius 1 is 1.18 bits per heavy atom. The third-order valence-corrected chi connectivity index (χ3v) is 5.40. The van der Waals surface area contributed by atoms with E-state index in [4.69, 9.17) is 12.2 Å². The average Bonchev–Trinajstić information content (AvgIpc) is 2.93. The highest BCUT2D eigenvalue weighted by Crippen LogP contribution is 2.44. The number of unbranched alkanes of at least 4 members (excludes halogenated alkanes) is 1. The number of hydrogen-bond acceptors (Lipinski definition) is 4. The van der Waals surface area contributed by atoms with E-state index in [2.05, 4.69) is 6.92 Å². The highest BCUT2D eigenvalue weighted by Gasteiger charge is 2.40. The van der Waals surface area contributed by atoms with E-state index in [0.717, 1.165) is 24.1 Å². The number of thiocarbonyl (C=S) groups is 1. The molecule has 4 nitrogen and oxygen atoms in total. The Morgan fingerprint density at radius 2 is 1.91 bits per heavy atom. The zero-order chi connectivity index (χ0) is 15.9. The molecule has 1 aromatic rings. The maximum atomic E-state index is 12.9. The summed E-state index contributed by atoms with van der Waals surface area (Å²) in [5.41, 5.74) is 2.21. The predicted octanol–water partition coefficient (Wildman–Crippen LogP) is 3.03. The maximum absolute atomic E-state index is 12.9. The standard InChI is InChI=1S/C16H16N2O2S2/c1-3-4-9-18-11-8-6-5-7-10(11)12(14(18)19)13-15(20)17(2)16(21)22-13/h5-8H,3-4,9H2,1-2H3/b13-12+. The van der Waals surface area contributed by atoms with Crippen LogP contribution in [0.25, 0.3) is 5.57 Å². The number of carbonyl (C=O) groups excluding carboxylic acids is 2. The summed E-state index contributed by atoms with van der Waals surface area (Å²) >= 11 is 6.39. The van der Waals surface area contributed by atoms with E-state index in [1.807, 2.05) is 24.3 Å². The minimum atomic E-state index is -0.189. The van der Waals surface area contributed by atoms with Crippen molar-refractivity contribution in [2.24, 2.45) is 0 Å². The van der Waals surface area contributed by atoms with Crippen LogP contribution in [0.15, 0.2) is 29.2 Å². The molecule has 0 N–H and O–H groups in total. The van der Waals surface area contributed by atoms with Gasteiger partial charge in [0, 0.05) is 19.2 Å². The van der Waals surface area contributed by atoms with E-state index in [0.29, 0.717) is 21.3 Å². The number of para-hydroxylation sites is 1. The Balaban J connectivity index is 2.12. The Hall–Kier alpha value is -1.66. The topological polar surface area (TPSA) is 40.6 Å². The van der Waals surface area contributed by atoms with Crippen molar-refractivity contribution in [2.45, 2.75) is 19.8 Å². The Bertz CT molecular complexity index is 712. The van der Waals surface area contributed by atoms with Crippen LogP contribution < -0.4 is 4.90 Å². The Labute approximate surface area is 139 Å². The molecule has 22 heavy (non-hydrogen) atoms. The summed E-state index contributed by atoms with van der Waals surface area (Å²) < 4.78 is 0.491. The van der Waals surface area contributed by atoms with Crippen LogP contribution in [0.2, 0.25) is 0 Å². The highest BCUT2D eigenvalue weighted by molar-refractivity contribution is 8.26. The van der Waals surface area contributed by atoms with Gasteiger partial charge in [0.1, 0.15) is 4.32 Å². The minimum absolute atomic E-state index is 0.0939. The van der Waals surface area contributed by atoms with E-state index in [1.165, 1.54) is 16.7 Å². The molecular formula is C16H16N2O2S2. The van der Waals surface area contributed by atoms with Crippen LogP contribution in [0.3, 0.4) is 0 Å². The van der Waals surface area contributed by atoms with Gasteiger partial charge in [0.2, 0.25) is 0 Å². The third-order valence-electron chi connectivity index (χ3n) is 3.85. The van der Waals surface area contributed by atoms with E-state index >= 15 is 0 Å². The van der Waals surface area contributed by atoms with Crippen LogP contribution in [0.5, 0.6) is 0 Å². The number of anilines is 1. The molecule has 0 aliphatic carbocycles. The summed E-state index contributed by atoms with van der Waals surface area (Å²) in [6.45, 7) is 2.76. The van der Waals surface area contributed by atoms with E-state index < -0.39 is 0 Å². The first-order valence-electron chi connectivity index (χ1n) is 7.21. The van der Waals surface area contributed by atoms with Crippen LogP contribution in [0.4, 0.5) is 5.69 Å². The smallest absolute Gasteiger partial charge is 0.266 e. The van der Waals surface area contributed by atoms with Gasteiger partial charge < -0.3 is 4.90 Å². The molecule has 3 rings (SSSR count). The van der Waals surface area contributed by atoms with Gasteiger partial charge in [-0.05, 0) is 12.5 Å². The summed E-state index contributed by atoms with van der Waals surface area (Å²) in [5.74, 6) is -0.283. The van der Waals surface area contributed by atoms with Crippen LogP contribution in [0.1, 0.15) is 25.3 Å². The first-order valence-corrected chi connectivity index (χ1v) is 8.44. The fourth-order valence-electron chi connectivity index (χ4n) is 2.63. The molecule has 6 heteroatoms. The molecule has 0 spiro atoms. The van der Waals surface area contributed by atoms with Crippen molar-refractivity contribution in [1.29, 1.82) is 0 Å². The molecule has 0 bridgehead atoms. The molecular weight excluding hydrogens is 316 g/mol. The van der Waals surface area contributed by atoms with Gasteiger partial charge in [-0.2, -0.15) is 0 Å². The molecule has 0 saturated carbocycles. The molecule has 0 radical (unpaired) electrons. The molecule has 2 heterocycles. The van der Waals surface area contributed by atoms with Gasteiger partial charge in [-0.3, -0.25) is 14.5 Å². The molecule has 0 unspecified atom stereocenters. The minimum Gasteiger partial charge on any atom is -0.308 e. The predicted molar refractivity (Wildman–Crippen MR) is 93.6 cm³/mol. The Kier molecular flexibility index (Phi) is 4.06. The SMILES string of the molecule is CCCCN1C(=O)/C(=C2/SC(=S)N(C)C2=O)c2ccccc21. The van der Waals surface area contributed by atoms with Crippen LogP contribution in [-0.2, 0) is 9.59 Å². The zero-order valence-electron chi connectivity index (χ0n) is 12.5. The monoisotopic (exact) mass is 332 g/mol. The molecule has 0 atom stereocenters. The van der Waals surface area contributed by atoms with Crippen molar-refractivity contribution in [3.05, 3.63) is 34.7 Å². The van der Waals surface area contributed by atoms with Crippen LogP contribution in [0, 0.1) is 0 Å². The lowest BCUT2D eigenvalue weighted by atomic mass is 10.1. The summed E-state index contributed by atoms with van der Waals surface area (Å²) in [5, 5.41) is 0. The Morgan fingerprint density at radius 3 is 2.55 bits per heavy atom. The van der Waals surface area contributed by atoms with Crippen molar-refractivity contribution in [1.82, 2.24) is 4.90 Å². The molecule has 2 aliphatic rings. The van der Waals surface area contributed by atoms with Gasteiger partial charge in [0.15, 0.2) is 0 Å². The lowest BCUT2D eigenvalue weighted by Gasteiger charge is -2.16. The number of nitrogens with zero attached hydrogens (tertiary/aromatic N) is 2. The van der Waals surface area contributed by atoms with Crippen molar-refractivity contribution < 1.29 is 9.59 Å². The number of likely N-dealkylation sites (N-methyl/N-ethyl adjacent to an activating group) is 1. The molecule has 2 amide bonds. The molecule has 1 aromatic carbocycles. The molecule has 1 fully saturated rings. The molecule has 2 aliphatic heterocycles. The number of amides is 2. The van der Waals surface area contributed by atoms with E-state index in [9.17, 15) is 9.59 Å². The maximum Gasteiger partial charge on any atom is 0.266 e. The van der Waals surface area contributed by atoms with Crippen molar-refractivity contribution >= 4 is 51.4 Å². The quantitative estimate of drug-likeness (QED) is 0.630.